The maximum atomic E-state index is 11.9. The van der Waals surface area contributed by atoms with Gasteiger partial charge >= 0.3 is 5.97 Å². The molecule has 0 fully saturated rings. The van der Waals surface area contributed by atoms with Gasteiger partial charge in [-0.2, -0.15) is 0 Å². The fraction of sp³-hybridized carbons (Fsp3) is 0.125. The van der Waals surface area contributed by atoms with Crippen LogP contribution in [0.25, 0.3) is 0 Å². The van der Waals surface area contributed by atoms with Crippen molar-refractivity contribution in [3.63, 3.8) is 0 Å². The van der Waals surface area contributed by atoms with E-state index in [1.54, 1.807) is 12.1 Å². The lowest BCUT2D eigenvalue weighted by atomic mass is 10.2. The number of halogens is 1. The highest BCUT2D eigenvalue weighted by Crippen LogP contribution is 2.22. The van der Waals surface area contributed by atoms with Crippen LogP contribution >= 0.6 is 23.4 Å². The van der Waals surface area contributed by atoms with Crippen molar-refractivity contribution in [2.24, 2.45) is 0 Å². The van der Waals surface area contributed by atoms with Crippen LogP contribution in [-0.2, 0) is 9.53 Å². The number of amides is 1. The molecule has 114 valence electrons. The first kappa shape index (κ1) is 16.4. The minimum atomic E-state index is -0.542. The second-order valence-corrected chi connectivity index (χ2v) is 5.79. The maximum absolute atomic E-state index is 11.9. The molecule has 0 bridgehead atoms. The number of rotatable bonds is 5. The molecule has 0 atom stereocenters. The fourth-order valence-corrected chi connectivity index (χ4v) is 2.65. The summed E-state index contributed by atoms with van der Waals surface area (Å²) in [5, 5.41) is 3.01. The molecule has 4 nitrogen and oxygen atoms in total. The molecule has 6 heteroatoms. The summed E-state index contributed by atoms with van der Waals surface area (Å²) in [6, 6.07) is 14.3. The Balaban J connectivity index is 1.98. The molecule has 0 aliphatic carbocycles. The molecule has 22 heavy (non-hydrogen) atoms. The number of anilines is 1. The number of carbonyl (C=O) groups excluding carboxylic acids is 2. The summed E-state index contributed by atoms with van der Waals surface area (Å²) in [6.45, 7) is 0. The van der Waals surface area contributed by atoms with Gasteiger partial charge in [-0.3, -0.25) is 4.79 Å². The van der Waals surface area contributed by atoms with Crippen molar-refractivity contribution >= 4 is 40.9 Å². The van der Waals surface area contributed by atoms with Crippen LogP contribution in [0, 0.1) is 0 Å². The third kappa shape index (κ3) is 4.51. The van der Waals surface area contributed by atoms with Crippen LogP contribution in [0.3, 0.4) is 0 Å². The Morgan fingerprint density at radius 2 is 1.91 bits per heavy atom. The van der Waals surface area contributed by atoms with E-state index in [-0.39, 0.29) is 22.2 Å². The topological polar surface area (TPSA) is 55.4 Å². The monoisotopic (exact) mass is 335 g/mol. The van der Waals surface area contributed by atoms with E-state index in [1.807, 2.05) is 30.3 Å². The number of thioether (sulfide) groups is 1. The summed E-state index contributed by atoms with van der Waals surface area (Å²) in [6.07, 6.45) is 0. The standard InChI is InChI=1S/C16H14ClNO3S/c1-21-16(20)13-9-11(7-8-14(13)17)18-15(19)10-22-12-5-3-2-4-6-12/h2-9H,10H2,1H3,(H,18,19). The van der Waals surface area contributed by atoms with Crippen LogP contribution in [0.1, 0.15) is 10.4 Å². The molecule has 0 radical (unpaired) electrons. The summed E-state index contributed by atoms with van der Waals surface area (Å²) in [5.74, 6) is -0.424. The van der Waals surface area contributed by atoms with E-state index >= 15 is 0 Å². The van der Waals surface area contributed by atoms with Crippen molar-refractivity contribution in [2.75, 3.05) is 18.2 Å². The summed E-state index contributed by atoms with van der Waals surface area (Å²) in [7, 11) is 1.28. The van der Waals surface area contributed by atoms with Gasteiger partial charge in [-0.15, -0.1) is 11.8 Å². The summed E-state index contributed by atoms with van der Waals surface area (Å²) in [5.41, 5.74) is 0.723. The molecule has 1 amide bonds. The minimum Gasteiger partial charge on any atom is -0.465 e. The number of nitrogens with one attached hydrogen (secondary N) is 1. The highest BCUT2D eigenvalue weighted by Gasteiger charge is 2.12. The quantitative estimate of drug-likeness (QED) is 0.666. The van der Waals surface area contributed by atoms with Crippen molar-refractivity contribution in [3.8, 4) is 0 Å². The molecule has 0 spiro atoms. The van der Waals surface area contributed by atoms with Gasteiger partial charge in [-0.1, -0.05) is 29.8 Å². The Labute approximate surface area is 137 Å². The van der Waals surface area contributed by atoms with Crippen molar-refractivity contribution in [3.05, 3.63) is 59.1 Å². The lowest BCUT2D eigenvalue weighted by Gasteiger charge is -2.08. The zero-order valence-corrected chi connectivity index (χ0v) is 13.4. The first-order valence-electron chi connectivity index (χ1n) is 6.45. The Morgan fingerprint density at radius 1 is 1.18 bits per heavy atom. The zero-order valence-electron chi connectivity index (χ0n) is 11.8. The number of hydrogen-bond donors (Lipinski definition) is 1. The smallest absolute Gasteiger partial charge is 0.339 e. The SMILES string of the molecule is COC(=O)c1cc(NC(=O)CSc2ccccc2)ccc1Cl. The van der Waals surface area contributed by atoms with Crippen LogP contribution in [0.15, 0.2) is 53.4 Å². The molecule has 2 rings (SSSR count). The van der Waals surface area contributed by atoms with Gasteiger partial charge in [0.1, 0.15) is 0 Å². The number of esters is 1. The predicted octanol–water partition coefficient (Wildman–Crippen LogP) is 3.86. The second-order valence-electron chi connectivity index (χ2n) is 4.34. The van der Waals surface area contributed by atoms with E-state index in [9.17, 15) is 9.59 Å². The molecular weight excluding hydrogens is 322 g/mol. The summed E-state index contributed by atoms with van der Waals surface area (Å²) < 4.78 is 4.64. The summed E-state index contributed by atoms with van der Waals surface area (Å²) >= 11 is 7.37. The average molecular weight is 336 g/mol. The number of methoxy groups -OCH3 is 1. The Bertz CT molecular complexity index is 676. The third-order valence-corrected chi connectivity index (χ3v) is 4.11. The van der Waals surface area contributed by atoms with E-state index < -0.39 is 5.97 Å². The Morgan fingerprint density at radius 3 is 2.59 bits per heavy atom. The number of ether oxygens (including phenoxy) is 1. The first-order chi connectivity index (χ1) is 10.6. The van der Waals surface area contributed by atoms with Crippen molar-refractivity contribution in [1.29, 1.82) is 0 Å². The number of carbonyl (C=O) groups is 2. The zero-order chi connectivity index (χ0) is 15.9. The lowest BCUT2D eigenvalue weighted by molar-refractivity contribution is -0.113. The highest BCUT2D eigenvalue weighted by atomic mass is 35.5. The summed E-state index contributed by atoms with van der Waals surface area (Å²) in [4.78, 5) is 24.5. The van der Waals surface area contributed by atoms with Crippen LogP contribution in [0.4, 0.5) is 5.69 Å². The van der Waals surface area contributed by atoms with E-state index in [0.29, 0.717) is 5.69 Å². The van der Waals surface area contributed by atoms with Gasteiger partial charge in [-0.25, -0.2) is 4.79 Å². The molecule has 2 aromatic carbocycles. The Hall–Kier alpha value is -1.98. The number of benzene rings is 2. The van der Waals surface area contributed by atoms with Gasteiger partial charge in [0.15, 0.2) is 0 Å². The highest BCUT2D eigenvalue weighted by molar-refractivity contribution is 8.00. The van der Waals surface area contributed by atoms with E-state index in [4.69, 9.17) is 11.6 Å². The molecule has 0 saturated heterocycles. The van der Waals surface area contributed by atoms with E-state index in [1.165, 1.54) is 24.9 Å². The molecule has 1 N–H and O–H groups in total. The van der Waals surface area contributed by atoms with Gasteiger partial charge in [0.2, 0.25) is 5.91 Å². The van der Waals surface area contributed by atoms with Crippen LogP contribution in [0.5, 0.6) is 0 Å². The van der Waals surface area contributed by atoms with E-state index in [0.717, 1.165) is 4.90 Å². The van der Waals surface area contributed by atoms with Gasteiger partial charge in [0.25, 0.3) is 0 Å². The van der Waals surface area contributed by atoms with E-state index in [2.05, 4.69) is 10.1 Å². The van der Waals surface area contributed by atoms with Crippen LogP contribution < -0.4 is 5.32 Å². The molecule has 0 heterocycles. The lowest BCUT2D eigenvalue weighted by Crippen LogP contribution is -2.14. The first-order valence-corrected chi connectivity index (χ1v) is 7.82. The van der Waals surface area contributed by atoms with Crippen molar-refractivity contribution < 1.29 is 14.3 Å². The third-order valence-electron chi connectivity index (χ3n) is 2.77. The molecular formula is C16H14ClNO3S. The second kappa shape index (κ2) is 7.87. The number of hydrogen-bond acceptors (Lipinski definition) is 4. The molecule has 0 unspecified atom stereocenters. The molecule has 0 aromatic heterocycles. The van der Waals surface area contributed by atoms with Crippen LogP contribution in [-0.4, -0.2) is 24.7 Å². The van der Waals surface area contributed by atoms with Gasteiger partial charge in [0, 0.05) is 10.6 Å². The van der Waals surface area contributed by atoms with Gasteiger partial charge in [-0.05, 0) is 30.3 Å². The van der Waals surface area contributed by atoms with Crippen molar-refractivity contribution in [2.45, 2.75) is 4.90 Å². The maximum Gasteiger partial charge on any atom is 0.339 e. The minimum absolute atomic E-state index is 0.160. The largest absolute Gasteiger partial charge is 0.465 e. The fourth-order valence-electron chi connectivity index (χ4n) is 1.73. The van der Waals surface area contributed by atoms with Crippen LogP contribution in [0.2, 0.25) is 5.02 Å². The molecule has 2 aromatic rings. The van der Waals surface area contributed by atoms with Gasteiger partial charge in [0.05, 0.1) is 23.4 Å². The van der Waals surface area contributed by atoms with Crippen molar-refractivity contribution in [1.82, 2.24) is 0 Å². The molecule has 0 aliphatic heterocycles. The average Bonchev–Trinajstić information content (AvgIpc) is 2.55. The molecule has 0 aliphatic rings. The normalized spacial score (nSPS) is 10.1. The van der Waals surface area contributed by atoms with Gasteiger partial charge < -0.3 is 10.1 Å². The molecule has 0 saturated carbocycles. The Kier molecular flexibility index (Phi) is 5.86. The predicted molar refractivity (Wildman–Crippen MR) is 88.6 cm³/mol.